The first-order chi connectivity index (χ1) is 14.0. The lowest BCUT2D eigenvalue weighted by Gasteiger charge is -2.16. The highest BCUT2D eigenvalue weighted by molar-refractivity contribution is 5.96. The Hall–Kier alpha value is -3.68. The van der Waals surface area contributed by atoms with Gasteiger partial charge in [0.05, 0.1) is 24.5 Å². The molecule has 1 aromatic carbocycles. The van der Waals surface area contributed by atoms with Crippen molar-refractivity contribution < 1.29 is 4.74 Å². The third-order valence-electron chi connectivity index (χ3n) is 4.58. The number of benzene rings is 1. The minimum atomic E-state index is -0.0912. The van der Waals surface area contributed by atoms with Crippen molar-refractivity contribution in [2.45, 2.75) is 26.8 Å². The molecule has 4 rings (SSSR count). The van der Waals surface area contributed by atoms with Crippen LogP contribution in [0.15, 0.2) is 43.0 Å². The summed E-state index contributed by atoms with van der Waals surface area (Å²) in [7, 11) is 1.62. The molecule has 1 atom stereocenters. The number of methoxy groups -OCH3 is 1. The number of aryl methyl sites for hydroxylation is 2. The molecule has 0 amide bonds. The maximum absolute atomic E-state index is 5.58. The lowest BCUT2D eigenvalue weighted by molar-refractivity contribution is 0.419. The predicted octanol–water partition coefficient (Wildman–Crippen LogP) is 3.68. The molecule has 0 aliphatic rings. The van der Waals surface area contributed by atoms with Gasteiger partial charge in [0.25, 0.3) is 0 Å². The zero-order valence-electron chi connectivity index (χ0n) is 16.7. The van der Waals surface area contributed by atoms with E-state index in [-0.39, 0.29) is 6.04 Å². The van der Waals surface area contributed by atoms with Crippen LogP contribution in [0.3, 0.4) is 0 Å². The van der Waals surface area contributed by atoms with Crippen LogP contribution in [-0.4, -0.2) is 37.2 Å². The molecule has 0 aliphatic carbocycles. The van der Waals surface area contributed by atoms with Gasteiger partial charge in [-0.1, -0.05) is 0 Å². The molecule has 0 saturated carbocycles. The molecule has 0 radical (unpaired) electrons. The van der Waals surface area contributed by atoms with Crippen molar-refractivity contribution in [3.8, 4) is 17.1 Å². The topological polar surface area (TPSA) is 98.6 Å². The number of rotatable bonds is 5. The molecule has 0 unspecified atom stereocenters. The second-order valence-corrected chi connectivity index (χ2v) is 6.85. The van der Waals surface area contributed by atoms with Crippen molar-refractivity contribution >= 4 is 16.7 Å². The average Bonchev–Trinajstić information content (AvgIpc) is 2.74. The minimum Gasteiger partial charge on any atom is -0.494 e. The van der Waals surface area contributed by atoms with Gasteiger partial charge in [-0.25, -0.2) is 19.9 Å². The van der Waals surface area contributed by atoms with Gasteiger partial charge >= 0.3 is 0 Å². The van der Waals surface area contributed by atoms with E-state index in [2.05, 4.69) is 35.5 Å². The van der Waals surface area contributed by atoms with E-state index in [1.54, 1.807) is 19.5 Å². The van der Waals surface area contributed by atoms with Gasteiger partial charge in [-0.15, -0.1) is 0 Å². The van der Waals surface area contributed by atoms with Crippen molar-refractivity contribution in [3.05, 3.63) is 59.9 Å². The number of hydrogen-bond donors (Lipinski definition) is 1. The van der Waals surface area contributed by atoms with Crippen LogP contribution in [0.1, 0.15) is 29.9 Å². The summed E-state index contributed by atoms with van der Waals surface area (Å²) in [6.07, 6.45) is 5.10. The maximum atomic E-state index is 5.58. The number of nitrogens with zero attached hydrogens (tertiary/aromatic N) is 6. The fourth-order valence-electron chi connectivity index (χ4n) is 3.00. The van der Waals surface area contributed by atoms with Crippen LogP contribution in [0.2, 0.25) is 0 Å². The second kappa shape index (κ2) is 7.75. The Balaban J connectivity index is 1.78. The molecule has 0 fully saturated rings. The number of hydrogen-bond acceptors (Lipinski definition) is 8. The highest BCUT2D eigenvalue weighted by atomic mass is 16.5. The van der Waals surface area contributed by atoms with Crippen molar-refractivity contribution in [1.29, 1.82) is 0 Å². The third kappa shape index (κ3) is 3.82. The van der Waals surface area contributed by atoms with Crippen LogP contribution in [0.5, 0.6) is 5.75 Å². The molecule has 146 valence electrons. The van der Waals surface area contributed by atoms with Gasteiger partial charge in [-0.3, -0.25) is 0 Å². The summed E-state index contributed by atoms with van der Waals surface area (Å²) in [5.41, 5.74) is 4.24. The first kappa shape index (κ1) is 18.7. The number of fused-ring (bicyclic) bond motifs is 1. The predicted molar refractivity (Wildman–Crippen MR) is 111 cm³/mol. The number of aromatic nitrogens is 6. The summed E-state index contributed by atoms with van der Waals surface area (Å²) >= 11 is 0. The summed E-state index contributed by atoms with van der Waals surface area (Å²) in [5.74, 6) is 1.93. The van der Waals surface area contributed by atoms with E-state index in [1.807, 2.05) is 45.0 Å². The largest absolute Gasteiger partial charge is 0.494 e. The highest BCUT2D eigenvalue weighted by Gasteiger charge is 2.15. The molecule has 3 heterocycles. The van der Waals surface area contributed by atoms with Gasteiger partial charge in [0.2, 0.25) is 0 Å². The van der Waals surface area contributed by atoms with Crippen LogP contribution in [0.4, 0.5) is 5.82 Å². The van der Waals surface area contributed by atoms with E-state index >= 15 is 0 Å². The van der Waals surface area contributed by atoms with E-state index < -0.39 is 0 Å². The molecular weight excluding hydrogens is 366 g/mol. The summed E-state index contributed by atoms with van der Waals surface area (Å²) < 4.78 is 5.58. The number of anilines is 1. The Morgan fingerprint density at radius 3 is 2.45 bits per heavy atom. The fourth-order valence-corrected chi connectivity index (χ4v) is 3.00. The minimum absolute atomic E-state index is 0.0912. The van der Waals surface area contributed by atoms with Gasteiger partial charge in [-0.2, -0.15) is 10.2 Å². The van der Waals surface area contributed by atoms with Crippen LogP contribution in [0, 0.1) is 13.8 Å². The van der Waals surface area contributed by atoms with Gasteiger partial charge in [0.1, 0.15) is 23.4 Å². The van der Waals surface area contributed by atoms with E-state index in [1.165, 1.54) is 6.33 Å². The third-order valence-corrected chi connectivity index (χ3v) is 4.58. The molecule has 1 N–H and O–H groups in total. The molecule has 0 spiro atoms. The van der Waals surface area contributed by atoms with E-state index in [4.69, 9.17) is 4.74 Å². The summed E-state index contributed by atoms with van der Waals surface area (Å²) in [6.45, 7) is 5.88. The van der Waals surface area contributed by atoms with Gasteiger partial charge in [0, 0.05) is 23.3 Å². The zero-order valence-corrected chi connectivity index (χ0v) is 16.7. The highest BCUT2D eigenvalue weighted by Crippen LogP contribution is 2.33. The average molecular weight is 387 g/mol. The Bertz CT molecular complexity index is 1140. The molecule has 8 nitrogen and oxygen atoms in total. The van der Waals surface area contributed by atoms with Crippen molar-refractivity contribution in [1.82, 2.24) is 30.1 Å². The van der Waals surface area contributed by atoms with E-state index in [0.29, 0.717) is 22.9 Å². The lowest BCUT2D eigenvalue weighted by Crippen LogP contribution is -2.11. The first-order valence-electron chi connectivity index (χ1n) is 9.23. The molecule has 0 saturated heterocycles. The smallest absolute Gasteiger partial charge is 0.159 e. The van der Waals surface area contributed by atoms with Crippen LogP contribution < -0.4 is 10.1 Å². The Morgan fingerprint density at radius 2 is 1.76 bits per heavy atom. The van der Waals surface area contributed by atoms with E-state index in [9.17, 15) is 0 Å². The second-order valence-electron chi connectivity index (χ2n) is 6.85. The Morgan fingerprint density at radius 1 is 0.966 bits per heavy atom. The lowest BCUT2D eigenvalue weighted by atomic mass is 10.1. The normalized spacial score (nSPS) is 12.0. The number of ether oxygens (including phenoxy) is 1. The van der Waals surface area contributed by atoms with E-state index in [0.717, 1.165) is 27.9 Å². The Kier molecular flexibility index (Phi) is 4.99. The van der Waals surface area contributed by atoms with Crippen LogP contribution in [0.25, 0.3) is 22.3 Å². The van der Waals surface area contributed by atoms with Gasteiger partial charge in [-0.05, 0) is 50.6 Å². The Labute approximate surface area is 168 Å². The van der Waals surface area contributed by atoms with Crippen LogP contribution >= 0.6 is 0 Å². The first-order valence-corrected chi connectivity index (χ1v) is 9.23. The molecule has 0 aliphatic heterocycles. The molecule has 8 heteroatoms. The van der Waals surface area contributed by atoms with Crippen LogP contribution in [-0.2, 0) is 0 Å². The molecular formula is C21H21N7O. The quantitative estimate of drug-likeness (QED) is 0.554. The fraction of sp³-hybridized carbons (Fsp3) is 0.238. The standard InChI is InChI=1S/C21H21N7O/c1-12-9-22-20(23-10-12)15-7-16-19(18(8-15)29-4)24-11-25-21(16)26-14(3)17-6-5-13(2)27-28-17/h5-11,14H,1-4H3,(H,24,25,26)/t14-/m0/s1. The summed E-state index contributed by atoms with van der Waals surface area (Å²) in [4.78, 5) is 17.7. The maximum Gasteiger partial charge on any atom is 0.159 e. The number of nitrogens with one attached hydrogen (secondary N) is 1. The van der Waals surface area contributed by atoms with Crippen molar-refractivity contribution in [2.24, 2.45) is 0 Å². The van der Waals surface area contributed by atoms with Gasteiger partial charge in [0.15, 0.2) is 5.82 Å². The van der Waals surface area contributed by atoms with Crippen molar-refractivity contribution in [2.75, 3.05) is 12.4 Å². The summed E-state index contributed by atoms with van der Waals surface area (Å²) in [5, 5.41) is 12.6. The SMILES string of the molecule is COc1cc(-c2ncc(C)cn2)cc2c(N[C@@H](C)c3ccc(C)nn3)ncnc12. The molecule has 4 aromatic rings. The molecule has 0 bridgehead atoms. The zero-order chi connectivity index (χ0) is 20.4. The van der Waals surface area contributed by atoms with Crippen molar-refractivity contribution in [3.63, 3.8) is 0 Å². The molecule has 3 aromatic heterocycles. The monoisotopic (exact) mass is 387 g/mol. The van der Waals surface area contributed by atoms with Gasteiger partial charge < -0.3 is 10.1 Å². The summed E-state index contributed by atoms with van der Waals surface area (Å²) in [6, 6.07) is 7.66. The molecule has 29 heavy (non-hydrogen) atoms.